The minimum atomic E-state index is -0.725. The Hall–Kier alpha value is -3.33. The van der Waals surface area contributed by atoms with Crippen LogP contribution in [0.4, 0.5) is 11.5 Å². The molecule has 0 saturated carbocycles. The van der Waals surface area contributed by atoms with Gasteiger partial charge < -0.3 is 15.3 Å². The SMILES string of the molecule is Cn1cc(-c2cccc(C(=O)Nc3cc(N4CC[C@@H](C(C)(C)O)C4)cnn3)n2)cn1. The number of aromatic nitrogens is 5. The molecular weight excluding hydrogens is 382 g/mol. The number of hydrogen-bond donors (Lipinski definition) is 2. The molecule has 1 atom stereocenters. The van der Waals surface area contributed by atoms with Crippen LogP contribution < -0.4 is 10.2 Å². The molecule has 4 rings (SSSR count). The average Bonchev–Trinajstić information content (AvgIpc) is 3.37. The summed E-state index contributed by atoms with van der Waals surface area (Å²) in [4.78, 5) is 19.3. The van der Waals surface area contributed by atoms with E-state index >= 15 is 0 Å². The van der Waals surface area contributed by atoms with Crippen LogP contribution in [0.25, 0.3) is 11.3 Å². The maximum absolute atomic E-state index is 12.7. The van der Waals surface area contributed by atoms with Gasteiger partial charge in [-0.3, -0.25) is 9.48 Å². The summed E-state index contributed by atoms with van der Waals surface area (Å²) in [5, 5.41) is 25.2. The first-order chi connectivity index (χ1) is 14.3. The van der Waals surface area contributed by atoms with E-state index in [0.29, 0.717) is 11.5 Å². The van der Waals surface area contributed by atoms with Crippen LogP contribution in [0.1, 0.15) is 30.8 Å². The molecule has 3 aromatic rings. The molecule has 1 amide bonds. The number of nitrogens with one attached hydrogen (secondary N) is 1. The summed E-state index contributed by atoms with van der Waals surface area (Å²) in [6.07, 6.45) is 6.12. The second-order valence-corrected chi connectivity index (χ2v) is 8.15. The summed E-state index contributed by atoms with van der Waals surface area (Å²) in [7, 11) is 1.83. The number of aryl methyl sites for hydroxylation is 1. The fourth-order valence-corrected chi connectivity index (χ4v) is 3.62. The van der Waals surface area contributed by atoms with Crippen molar-refractivity contribution in [1.29, 1.82) is 0 Å². The minimum absolute atomic E-state index is 0.183. The van der Waals surface area contributed by atoms with Gasteiger partial charge in [-0.25, -0.2) is 4.98 Å². The number of rotatable bonds is 5. The molecule has 0 aliphatic carbocycles. The second kappa shape index (κ2) is 7.83. The Bertz CT molecular complexity index is 1060. The Kier molecular flexibility index (Phi) is 5.21. The fraction of sp³-hybridized carbons (Fsp3) is 0.381. The number of anilines is 2. The molecule has 1 aliphatic heterocycles. The highest BCUT2D eigenvalue weighted by atomic mass is 16.3. The number of amides is 1. The highest BCUT2D eigenvalue weighted by Crippen LogP contribution is 2.30. The van der Waals surface area contributed by atoms with Gasteiger partial charge in [0.25, 0.3) is 5.91 Å². The Morgan fingerprint density at radius 3 is 2.83 bits per heavy atom. The number of carbonyl (C=O) groups excluding carboxylic acids is 1. The van der Waals surface area contributed by atoms with Crippen LogP contribution in [-0.2, 0) is 7.05 Å². The van der Waals surface area contributed by atoms with Gasteiger partial charge in [0.1, 0.15) is 5.69 Å². The number of aliphatic hydroxyl groups is 1. The highest BCUT2D eigenvalue weighted by molar-refractivity contribution is 6.02. The molecule has 0 bridgehead atoms. The van der Waals surface area contributed by atoms with Crippen LogP contribution in [0.15, 0.2) is 42.9 Å². The molecule has 0 radical (unpaired) electrons. The zero-order valence-electron chi connectivity index (χ0n) is 17.3. The molecule has 1 aliphatic rings. The Labute approximate surface area is 174 Å². The Balaban J connectivity index is 1.48. The number of nitrogens with zero attached hydrogens (tertiary/aromatic N) is 6. The van der Waals surface area contributed by atoms with Gasteiger partial charge in [0, 0.05) is 43.9 Å². The predicted molar refractivity (Wildman–Crippen MR) is 113 cm³/mol. The van der Waals surface area contributed by atoms with E-state index in [1.807, 2.05) is 33.2 Å². The maximum Gasteiger partial charge on any atom is 0.275 e. The first-order valence-electron chi connectivity index (χ1n) is 9.87. The molecule has 0 spiro atoms. The molecule has 3 aromatic heterocycles. The number of pyridine rings is 1. The normalized spacial score (nSPS) is 16.7. The average molecular weight is 407 g/mol. The monoisotopic (exact) mass is 407 g/mol. The third-order valence-corrected chi connectivity index (χ3v) is 5.42. The van der Waals surface area contributed by atoms with Crippen molar-refractivity contribution in [3.8, 4) is 11.3 Å². The highest BCUT2D eigenvalue weighted by Gasteiger charge is 2.33. The third kappa shape index (κ3) is 4.30. The summed E-state index contributed by atoms with van der Waals surface area (Å²) in [5.41, 5.74) is 1.93. The number of hydrogen-bond acceptors (Lipinski definition) is 7. The Morgan fingerprint density at radius 2 is 2.13 bits per heavy atom. The summed E-state index contributed by atoms with van der Waals surface area (Å²) in [6, 6.07) is 7.07. The lowest BCUT2D eigenvalue weighted by Crippen LogP contribution is -2.33. The van der Waals surface area contributed by atoms with E-state index in [1.165, 1.54) is 0 Å². The van der Waals surface area contributed by atoms with Crippen molar-refractivity contribution < 1.29 is 9.90 Å². The van der Waals surface area contributed by atoms with Crippen molar-refractivity contribution in [2.24, 2.45) is 13.0 Å². The standard InChI is InChI=1S/C21H25N7O2/c1-21(2,30)15-7-8-28(13-15)16-9-19(26-22-11-16)25-20(29)18-6-4-5-17(24-18)14-10-23-27(3)12-14/h4-6,9-12,15,30H,7-8,13H2,1-3H3,(H,25,26,29)/t15-/m1/s1. The predicted octanol–water partition coefficient (Wildman–Crippen LogP) is 2.12. The molecular formula is C21H25N7O2. The summed E-state index contributed by atoms with van der Waals surface area (Å²) in [6.45, 7) is 5.23. The molecule has 4 heterocycles. The summed E-state index contributed by atoms with van der Waals surface area (Å²) >= 11 is 0. The quantitative estimate of drug-likeness (QED) is 0.667. The van der Waals surface area contributed by atoms with Crippen molar-refractivity contribution in [1.82, 2.24) is 25.0 Å². The maximum atomic E-state index is 12.7. The molecule has 2 N–H and O–H groups in total. The third-order valence-electron chi connectivity index (χ3n) is 5.42. The van der Waals surface area contributed by atoms with E-state index in [1.54, 1.807) is 35.3 Å². The van der Waals surface area contributed by atoms with Crippen molar-refractivity contribution in [2.45, 2.75) is 25.9 Å². The molecule has 1 saturated heterocycles. The summed E-state index contributed by atoms with van der Waals surface area (Å²) < 4.78 is 1.69. The van der Waals surface area contributed by atoms with Crippen LogP contribution in [0, 0.1) is 5.92 Å². The van der Waals surface area contributed by atoms with Crippen LogP contribution >= 0.6 is 0 Å². The zero-order chi connectivity index (χ0) is 21.3. The smallest absolute Gasteiger partial charge is 0.275 e. The first kappa shape index (κ1) is 20.0. The van der Waals surface area contributed by atoms with Crippen LogP contribution in [0.2, 0.25) is 0 Å². The lowest BCUT2D eigenvalue weighted by atomic mass is 9.90. The van der Waals surface area contributed by atoms with Crippen molar-refractivity contribution in [2.75, 3.05) is 23.3 Å². The van der Waals surface area contributed by atoms with E-state index in [2.05, 4.69) is 30.5 Å². The van der Waals surface area contributed by atoms with Gasteiger partial charge >= 0.3 is 0 Å². The van der Waals surface area contributed by atoms with Crippen molar-refractivity contribution >= 4 is 17.4 Å². The first-order valence-corrected chi connectivity index (χ1v) is 9.87. The molecule has 30 heavy (non-hydrogen) atoms. The van der Waals surface area contributed by atoms with Crippen LogP contribution in [-0.4, -0.2) is 54.7 Å². The van der Waals surface area contributed by atoms with Gasteiger partial charge in [-0.2, -0.15) is 10.2 Å². The zero-order valence-corrected chi connectivity index (χ0v) is 17.3. The van der Waals surface area contributed by atoms with Crippen molar-refractivity contribution in [3.05, 3.63) is 48.5 Å². The Morgan fingerprint density at radius 1 is 1.30 bits per heavy atom. The molecule has 1 fully saturated rings. The summed E-state index contributed by atoms with van der Waals surface area (Å²) in [5.74, 6) is 0.184. The molecule has 0 aromatic carbocycles. The lowest BCUT2D eigenvalue weighted by molar-refractivity contribution is 0.0263. The van der Waals surface area contributed by atoms with Gasteiger partial charge in [0.2, 0.25) is 0 Å². The van der Waals surface area contributed by atoms with Gasteiger partial charge in [-0.15, -0.1) is 5.10 Å². The van der Waals surface area contributed by atoms with Gasteiger partial charge in [-0.05, 0) is 32.4 Å². The molecule has 9 nitrogen and oxygen atoms in total. The van der Waals surface area contributed by atoms with Gasteiger partial charge in [-0.1, -0.05) is 6.07 Å². The molecule has 156 valence electrons. The van der Waals surface area contributed by atoms with Crippen LogP contribution in [0.5, 0.6) is 0 Å². The second-order valence-electron chi connectivity index (χ2n) is 8.15. The van der Waals surface area contributed by atoms with E-state index < -0.39 is 5.60 Å². The van der Waals surface area contributed by atoms with Crippen LogP contribution in [0.3, 0.4) is 0 Å². The fourth-order valence-electron chi connectivity index (χ4n) is 3.62. The van der Waals surface area contributed by atoms with Crippen molar-refractivity contribution in [3.63, 3.8) is 0 Å². The van der Waals surface area contributed by atoms with E-state index in [4.69, 9.17) is 0 Å². The lowest BCUT2D eigenvalue weighted by Gasteiger charge is -2.26. The molecule has 0 unspecified atom stereocenters. The van der Waals surface area contributed by atoms with Gasteiger partial charge in [0.15, 0.2) is 5.82 Å². The van der Waals surface area contributed by atoms with Gasteiger partial charge in [0.05, 0.1) is 29.4 Å². The molecule has 9 heteroatoms. The van der Waals surface area contributed by atoms with E-state index in [0.717, 1.165) is 30.8 Å². The minimum Gasteiger partial charge on any atom is -0.390 e. The topological polar surface area (TPSA) is 109 Å². The number of carbonyl (C=O) groups is 1. The largest absolute Gasteiger partial charge is 0.390 e. The van der Waals surface area contributed by atoms with E-state index in [-0.39, 0.29) is 17.5 Å². The van der Waals surface area contributed by atoms with E-state index in [9.17, 15) is 9.90 Å².